The summed E-state index contributed by atoms with van der Waals surface area (Å²) >= 11 is 3.41. The van der Waals surface area contributed by atoms with Gasteiger partial charge in [-0.1, -0.05) is 28.1 Å². The normalized spacial score (nSPS) is 10.9. The standard InChI is InChI=1S/C14H10BrN3O2/c1-8-13(14(19)20)18-12(16-8)6-5-11(17-18)9-3-2-4-10(15)7-9/h2-7H,1H3,(H,19,20). The summed E-state index contributed by atoms with van der Waals surface area (Å²) < 4.78 is 2.31. The first-order valence-electron chi connectivity index (χ1n) is 5.92. The van der Waals surface area contributed by atoms with Gasteiger partial charge < -0.3 is 5.11 Å². The highest BCUT2D eigenvalue weighted by Gasteiger charge is 2.17. The van der Waals surface area contributed by atoms with E-state index in [0.717, 1.165) is 10.0 Å². The van der Waals surface area contributed by atoms with Crippen molar-refractivity contribution in [3.05, 3.63) is 52.3 Å². The van der Waals surface area contributed by atoms with Crippen molar-refractivity contribution in [1.29, 1.82) is 0 Å². The van der Waals surface area contributed by atoms with E-state index in [0.29, 0.717) is 17.0 Å². The first kappa shape index (κ1) is 12.8. The summed E-state index contributed by atoms with van der Waals surface area (Å²) in [5.74, 6) is -1.03. The van der Waals surface area contributed by atoms with Crippen LogP contribution in [0.3, 0.4) is 0 Å². The van der Waals surface area contributed by atoms with Crippen molar-refractivity contribution in [2.24, 2.45) is 0 Å². The van der Waals surface area contributed by atoms with Crippen LogP contribution in [0.25, 0.3) is 16.9 Å². The molecule has 0 aliphatic carbocycles. The molecule has 3 aromatic rings. The lowest BCUT2D eigenvalue weighted by Gasteiger charge is -2.03. The van der Waals surface area contributed by atoms with E-state index in [-0.39, 0.29) is 5.69 Å². The average molecular weight is 332 g/mol. The van der Waals surface area contributed by atoms with Crippen molar-refractivity contribution in [1.82, 2.24) is 14.6 Å². The molecular formula is C14H10BrN3O2. The summed E-state index contributed by atoms with van der Waals surface area (Å²) in [7, 11) is 0. The van der Waals surface area contributed by atoms with Gasteiger partial charge in [0.15, 0.2) is 11.3 Å². The van der Waals surface area contributed by atoms with E-state index >= 15 is 0 Å². The van der Waals surface area contributed by atoms with E-state index in [1.165, 1.54) is 4.52 Å². The summed E-state index contributed by atoms with van der Waals surface area (Å²) in [4.78, 5) is 15.5. The lowest BCUT2D eigenvalue weighted by Crippen LogP contribution is -2.06. The zero-order valence-corrected chi connectivity index (χ0v) is 12.1. The van der Waals surface area contributed by atoms with Gasteiger partial charge >= 0.3 is 5.97 Å². The number of fused-ring (bicyclic) bond motifs is 1. The summed E-state index contributed by atoms with van der Waals surface area (Å²) in [5, 5.41) is 13.6. The lowest BCUT2D eigenvalue weighted by atomic mass is 10.1. The highest BCUT2D eigenvalue weighted by molar-refractivity contribution is 9.10. The van der Waals surface area contributed by atoms with Crippen LogP contribution < -0.4 is 0 Å². The van der Waals surface area contributed by atoms with Gasteiger partial charge in [0.25, 0.3) is 0 Å². The van der Waals surface area contributed by atoms with E-state index in [4.69, 9.17) is 0 Å². The van der Waals surface area contributed by atoms with Crippen LogP contribution in [-0.2, 0) is 0 Å². The molecule has 0 saturated heterocycles. The Kier molecular flexibility index (Phi) is 3.02. The topological polar surface area (TPSA) is 67.5 Å². The third kappa shape index (κ3) is 2.08. The molecule has 0 spiro atoms. The third-order valence-corrected chi connectivity index (χ3v) is 3.47. The van der Waals surface area contributed by atoms with Crippen molar-refractivity contribution >= 4 is 27.5 Å². The minimum Gasteiger partial charge on any atom is -0.476 e. The molecule has 0 amide bonds. The van der Waals surface area contributed by atoms with E-state index in [2.05, 4.69) is 26.0 Å². The molecule has 0 aliphatic heterocycles. The number of carboxylic acid groups (broad SMARTS) is 1. The van der Waals surface area contributed by atoms with Crippen LogP contribution in [-0.4, -0.2) is 25.7 Å². The molecule has 0 bridgehead atoms. The zero-order chi connectivity index (χ0) is 14.3. The molecular weight excluding hydrogens is 322 g/mol. The molecule has 2 heterocycles. The maximum atomic E-state index is 11.3. The quantitative estimate of drug-likeness (QED) is 0.783. The Morgan fingerprint density at radius 1 is 1.30 bits per heavy atom. The number of hydrogen-bond donors (Lipinski definition) is 1. The molecule has 0 atom stereocenters. The van der Waals surface area contributed by atoms with E-state index in [1.54, 1.807) is 13.0 Å². The van der Waals surface area contributed by atoms with Crippen LogP contribution in [0.4, 0.5) is 0 Å². The average Bonchev–Trinajstić information content (AvgIpc) is 2.73. The molecule has 2 aromatic heterocycles. The first-order chi connectivity index (χ1) is 9.56. The summed E-state index contributed by atoms with van der Waals surface area (Å²) in [6, 6.07) is 11.3. The molecule has 100 valence electrons. The molecule has 5 nitrogen and oxygen atoms in total. The number of aromatic carboxylic acids is 1. The smallest absolute Gasteiger partial charge is 0.356 e. The number of rotatable bonds is 2. The molecule has 20 heavy (non-hydrogen) atoms. The molecule has 1 N–H and O–H groups in total. The van der Waals surface area contributed by atoms with Gasteiger partial charge in [-0.2, -0.15) is 5.10 Å². The fourth-order valence-corrected chi connectivity index (χ4v) is 2.49. The Hall–Kier alpha value is -2.21. The van der Waals surface area contributed by atoms with Crippen LogP contribution in [0, 0.1) is 6.92 Å². The Balaban J connectivity index is 2.24. The van der Waals surface area contributed by atoms with Gasteiger partial charge in [0.2, 0.25) is 0 Å². The van der Waals surface area contributed by atoms with E-state index in [9.17, 15) is 9.90 Å². The highest BCUT2D eigenvalue weighted by atomic mass is 79.9. The van der Waals surface area contributed by atoms with Gasteiger partial charge in [-0.05, 0) is 31.2 Å². The van der Waals surface area contributed by atoms with E-state index in [1.807, 2.05) is 30.3 Å². The minimum absolute atomic E-state index is 0.0943. The van der Waals surface area contributed by atoms with Crippen molar-refractivity contribution in [2.75, 3.05) is 0 Å². The number of nitrogens with zero attached hydrogens (tertiary/aromatic N) is 3. The monoisotopic (exact) mass is 331 g/mol. The predicted octanol–water partition coefficient (Wildman–Crippen LogP) is 3.17. The molecule has 0 radical (unpaired) electrons. The zero-order valence-electron chi connectivity index (χ0n) is 10.5. The Morgan fingerprint density at radius 2 is 2.10 bits per heavy atom. The minimum atomic E-state index is -1.03. The van der Waals surface area contributed by atoms with Crippen molar-refractivity contribution in [3.63, 3.8) is 0 Å². The lowest BCUT2D eigenvalue weighted by molar-refractivity contribution is 0.0687. The molecule has 0 saturated carbocycles. The Morgan fingerprint density at radius 3 is 2.80 bits per heavy atom. The summed E-state index contributed by atoms with van der Waals surface area (Å²) in [5.41, 5.74) is 2.68. The molecule has 3 rings (SSSR count). The largest absolute Gasteiger partial charge is 0.476 e. The maximum absolute atomic E-state index is 11.3. The van der Waals surface area contributed by atoms with Crippen LogP contribution >= 0.6 is 15.9 Å². The fourth-order valence-electron chi connectivity index (χ4n) is 2.09. The van der Waals surface area contributed by atoms with Crippen LogP contribution in [0.15, 0.2) is 40.9 Å². The second-order valence-electron chi connectivity index (χ2n) is 4.35. The second kappa shape index (κ2) is 4.72. The number of carbonyl (C=O) groups is 1. The maximum Gasteiger partial charge on any atom is 0.356 e. The van der Waals surface area contributed by atoms with Gasteiger partial charge in [-0.15, -0.1) is 0 Å². The number of aromatic nitrogens is 3. The Bertz CT molecular complexity index is 826. The summed E-state index contributed by atoms with van der Waals surface area (Å²) in [6.07, 6.45) is 0. The number of aryl methyl sites for hydroxylation is 1. The number of hydrogen-bond acceptors (Lipinski definition) is 3. The van der Waals surface area contributed by atoms with Crippen LogP contribution in [0.5, 0.6) is 0 Å². The van der Waals surface area contributed by atoms with Gasteiger partial charge in [-0.25, -0.2) is 14.3 Å². The molecule has 6 heteroatoms. The number of halogens is 1. The van der Waals surface area contributed by atoms with E-state index < -0.39 is 5.97 Å². The predicted molar refractivity (Wildman–Crippen MR) is 77.8 cm³/mol. The van der Waals surface area contributed by atoms with Crippen molar-refractivity contribution in [2.45, 2.75) is 6.92 Å². The molecule has 0 unspecified atom stereocenters. The van der Waals surface area contributed by atoms with Gasteiger partial charge in [0.1, 0.15) is 0 Å². The van der Waals surface area contributed by atoms with Gasteiger partial charge in [0, 0.05) is 10.0 Å². The van der Waals surface area contributed by atoms with Crippen molar-refractivity contribution < 1.29 is 9.90 Å². The van der Waals surface area contributed by atoms with Gasteiger partial charge in [0.05, 0.1) is 11.4 Å². The summed E-state index contributed by atoms with van der Waals surface area (Å²) in [6.45, 7) is 1.66. The van der Waals surface area contributed by atoms with Crippen molar-refractivity contribution in [3.8, 4) is 11.3 Å². The molecule has 0 aliphatic rings. The molecule has 1 aromatic carbocycles. The molecule has 0 fully saturated rings. The number of imidazole rings is 1. The fraction of sp³-hybridized carbons (Fsp3) is 0.0714. The second-order valence-corrected chi connectivity index (χ2v) is 5.27. The number of carboxylic acids is 1. The van der Waals surface area contributed by atoms with Crippen LogP contribution in [0.1, 0.15) is 16.2 Å². The third-order valence-electron chi connectivity index (χ3n) is 2.97. The Labute approximate surface area is 123 Å². The highest BCUT2D eigenvalue weighted by Crippen LogP contribution is 2.22. The first-order valence-corrected chi connectivity index (χ1v) is 6.71. The number of benzene rings is 1. The van der Waals surface area contributed by atoms with Crippen LogP contribution in [0.2, 0.25) is 0 Å². The van der Waals surface area contributed by atoms with Gasteiger partial charge in [-0.3, -0.25) is 0 Å². The SMILES string of the molecule is Cc1nc2ccc(-c3cccc(Br)c3)nn2c1C(=O)O.